The molecule has 72 valence electrons. The van der Waals surface area contributed by atoms with Gasteiger partial charge in [-0.3, -0.25) is 0 Å². The van der Waals surface area contributed by atoms with E-state index in [2.05, 4.69) is 0 Å². The van der Waals surface area contributed by atoms with Crippen molar-refractivity contribution in [3.05, 3.63) is 0 Å². The fourth-order valence-electron chi connectivity index (χ4n) is 1.44. The van der Waals surface area contributed by atoms with Crippen LogP contribution in [0.25, 0.3) is 0 Å². The summed E-state index contributed by atoms with van der Waals surface area (Å²) in [6.07, 6.45) is -1.68. The highest BCUT2D eigenvalue weighted by atomic mass is 19.3. The maximum absolute atomic E-state index is 12.4. The summed E-state index contributed by atoms with van der Waals surface area (Å²) in [5.74, 6) is 0. The quantitative estimate of drug-likeness (QED) is 0.699. The van der Waals surface area contributed by atoms with E-state index >= 15 is 0 Å². The van der Waals surface area contributed by atoms with Crippen molar-refractivity contribution in [2.24, 2.45) is 0 Å². The molecular formula is C8H14F2O2. The lowest BCUT2D eigenvalue weighted by Gasteiger charge is -2.28. The molecule has 0 saturated carbocycles. The van der Waals surface area contributed by atoms with Crippen molar-refractivity contribution in [3.63, 3.8) is 0 Å². The Morgan fingerprint density at radius 2 is 2.00 bits per heavy atom. The first-order valence-corrected chi connectivity index (χ1v) is 4.01. The van der Waals surface area contributed by atoms with Crippen LogP contribution in [-0.4, -0.2) is 29.3 Å². The van der Waals surface area contributed by atoms with Gasteiger partial charge in [0.1, 0.15) is 5.60 Å². The second-order valence-electron chi connectivity index (χ2n) is 3.82. The van der Waals surface area contributed by atoms with Gasteiger partial charge in [0.15, 0.2) is 0 Å². The van der Waals surface area contributed by atoms with Gasteiger partial charge >= 0.3 is 0 Å². The second kappa shape index (κ2) is 2.92. The first-order chi connectivity index (χ1) is 5.42. The molecule has 2 nitrogen and oxygen atoms in total. The number of halogens is 2. The molecule has 1 fully saturated rings. The van der Waals surface area contributed by atoms with Crippen LogP contribution >= 0.6 is 0 Å². The van der Waals surface area contributed by atoms with Gasteiger partial charge in [-0.05, 0) is 26.7 Å². The molecule has 0 aromatic carbocycles. The number of aliphatic hydroxyl groups is 1. The summed E-state index contributed by atoms with van der Waals surface area (Å²) in [6.45, 7) is 2.84. The average molecular weight is 180 g/mol. The first kappa shape index (κ1) is 9.86. The molecule has 1 aliphatic heterocycles. The number of ether oxygens (including phenoxy) is 1. The van der Waals surface area contributed by atoms with E-state index in [0.29, 0.717) is 12.8 Å². The number of aliphatic hydroxyl groups excluding tert-OH is 1. The SMILES string of the molecule is CC1(CO)CCC(C)(C(F)F)O1. The Bertz CT molecular complexity index is 174. The Kier molecular flexibility index (Phi) is 2.40. The molecule has 1 saturated heterocycles. The molecule has 2 unspecified atom stereocenters. The molecule has 0 aromatic heterocycles. The lowest BCUT2D eigenvalue weighted by Crippen LogP contribution is -2.38. The Morgan fingerprint density at radius 1 is 1.42 bits per heavy atom. The molecule has 12 heavy (non-hydrogen) atoms. The molecule has 0 aromatic rings. The molecule has 0 radical (unpaired) electrons. The van der Waals surface area contributed by atoms with Crippen LogP contribution in [0.4, 0.5) is 8.78 Å². The highest BCUT2D eigenvalue weighted by Gasteiger charge is 2.48. The van der Waals surface area contributed by atoms with Crippen molar-refractivity contribution in [1.82, 2.24) is 0 Å². The molecule has 2 atom stereocenters. The lowest BCUT2D eigenvalue weighted by molar-refractivity contribution is -0.164. The summed E-state index contributed by atoms with van der Waals surface area (Å²) in [5.41, 5.74) is -2.14. The molecule has 1 heterocycles. The van der Waals surface area contributed by atoms with Gasteiger partial charge in [-0.25, -0.2) is 8.78 Å². The second-order valence-corrected chi connectivity index (χ2v) is 3.82. The van der Waals surface area contributed by atoms with Crippen LogP contribution in [-0.2, 0) is 4.74 Å². The van der Waals surface area contributed by atoms with Crippen molar-refractivity contribution in [2.75, 3.05) is 6.61 Å². The molecular weight excluding hydrogens is 166 g/mol. The van der Waals surface area contributed by atoms with E-state index in [1.165, 1.54) is 6.92 Å². The third-order valence-corrected chi connectivity index (χ3v) is 2.43. The summed E-state index contributed by atoms with van der Waals surface area (Å²) in [5, 5.41) is 8.87. The molecule has 0 aliphatic carbocycles. The van der Waals surface area contributed by atoms with Crippen molar-refractivity contribution in [1.29, 1.82) is 0 Å². The highest BCUT2D eigenvalue weighted by molar-refractivity contribution is 4.93. The summed E-state index contributed by atoms with van der Waals surface area (Å²) in [6, 6.07) is 0. The van der Waals surface area contributed by atoms with Crippen LogP contribution in [0.15, 0.2) is 0 Å². The predicted octanol–water partition coefficient (Wildman–Crippen LogP) is 1.57. The summed E-state index contributed by atoms with van der Waals surface area (Å²) < 4.78 is 29.9. The number of rotatable bonds is 2. The topological polar surface area (TPSA) is 29.5 Å². The zero-order valence-electron chi connectivity index (χ0n) is 7.31. The molecule has 0 amide bonds. The van der Waals surface area contributed by atoms with Gasteiger partial charge in [0.2, 0.25) is 0 Å². The summed E-state index contributed by atoms with van der Waals surface area (Å²) >= 11 is 0. The van der Waals surface area contributed by atoms with E-state index in [4.69, 9.17) is 9.84 Å². The zero-order valence-corrected chi connectivity index (χ0v) is 7.31. The fraction of sp³-hybridized carbons (Fsp3) is 1.00. The van der Waals surface area contributed by atoms with Crippen LogP contribution in [0, 0.1) is 0 Å². The highest BCUT2D eigenvalue weighted by Crippen LogP contribution is 2.40. The minimum atomic E-state index is -2.48. The van der Waals surface area contributed by atoms with Gasteiger partial charge in [0.25, 0.3) is 6.43 Å². The van der Waals surface area contributed by atoms with Gasteiger partial charge in [-0.15, -0.1) is 0 Å². The molecule has 0 spiro atoms. The molecule has 1 rings (SSSR count). The van der Waals surface area contributed by atoms with Gasteiger partial charge in [0, 0.05) is 0 Å². The van der Waals surface area contributed by atoms with E-state index in [-0.39, 0.29) is 6.61 Å². The Hall–Kier alpha value is -0.220. The molecule has 1 N–H and O–H groups in total. The van der Waals surface area contributed by atoms with Gasteiger partial charge < -0.3 is 9.84 Å². The largest absolute Gasteiger partial charge is 0.393 e. The predicted molar refractivity (Wildman–Crippen MR) is 40.2 cm³/mol. The van der Waals surface area contributed by atoms with Crippen LogP contribution in [0.1, 0.15) is 26.7 Å². The maximum atomic E-state index is 12.4. The third-order valence-electron chi connectivity index (χ3n) is 2.43. The van der Waals surface area contributed by atoms with Crippen LogP contribution < -0.4 is 0 Å². The summed E-state index contributed by atoms with van der Waals surface area (Å²) in [4.78, 5) is 0. The molecule has 1 aliphatic rings. The van der Waals surface area contributed by atoms with E-state index in [9.17, 15) is 8.78 Å². The summed E-state index contributed by atoms with van der Waals surface area (Å²) in [7, 11) is 0. The van der Waals surface area contributed by atoms with Crippen molar-refractivity contribution in [2.45, 2.75) is 44.3 Å². The maximum Gasteiger partial charge on any atom is 0.266 e. The van der Waals surface area contributed by atoms with E-state index in [0.717, 1.165) is 0 Å². The Balaban J connectivity index is 2.66. The average Bonchev–Trinajstić information content (AvgIpc) is 2.30. The number of hydrogen-bond donors (Lipinski definition) is 1. The zero-order chi connectivity index (χ0) is 9.41. The standard InChI is InChI=1S/C8H14F2O2/c1-7(5-11)3-4-8(2,12-7)6(9)10/h6,11H,3-5H2,1-2H3. The van der Waals surface area contributed by atoms with Gasteiger partial charge in [-0.1, -0.05) is 0 Å². The number of alkyl halides is 2. The Morgan fingerprint density at radius 3 is 2.25 bits per heavy atom. The number of hydrogen-bond acceptors (Lipinski definition) is 2. The van der Waals surface area contributed by atoms with Gasteiger partial charge in [-0.2, -0.15) is 0 Å². The normalized spacial score (nSPS) is 42.5. The first-order valence-electron chi connectivity index (χ1n) is 4.01. The monoisotopic (exact) mass is 180 g/mol. The minimum absolute atomic E-state index is 0.199. The van der Waals surface area contributed by atoms with E-state index < -0.39 is 17.6 Å². The Labute approximate surface area is 70.5 Å². The van der Waals surface area contributed by atoms with E-state index in [1.54, 1.807) is 6.92 Å². The van der Waals surface area contributed by atoms with Crippen LogP contribution in [0.2, 0.25) is 0 Å². The van der Waals surface area contributed by atoms with Crippen LogP contribution in [0.5, 0.6) is 0 Å². The van der Waals surface area contributed by atoms with Crippen LogP contribution in [0.3, 0.4) is 0 Å². The van der Waals surface area contributed by atoms with E-state index in [1.807, 2.05) is 0 Å². The fourth-order valence-corrected chi connectivity index (χ4v) is 1.44. The van der Waals surface area contributed by atoms with Crippen molar-refractivity contribution >= 4 is 0 Å². The minimum Gasteiger partial charge on any atom is -0.393 e. The third kappa shape index (κ3) is 1.59. The lowest BCUT2D eigenvalue weighted by atomic mass is 9.99. The van der Waals surface area contributed by atoms with Crippen molar-refractivity contribution in [3.8, 4) is 0 Å². The van der Waals surface area contributed by atoms with Gasteiger partial charge in [0.05, 0.1) is 12.2 Å². The molecule has 0 bridgehead atoms. The molecule has 4 heteroatoms. The van der Waals surface area contributed by atoms with Crippen molar-refractivity contribution < 1.29 is 18.6 Å². The smallest absolute Gasteiger partial charge is 0.266 e.